The van der Waals surface area contributed by atoms with Gasteiger partial charge in [-0.05, 0) is 11.6 Å². The molecular weight excluding hydrogens is 386 g/mol. The Morgan fingerprint density at radius 2 is 2.20 bits per heavy atom. The molecule has 14 heteroatoms. The predicted molar refractivity (Wildman–Crippen MR) is 79.7 cm³/mol. The van der Waals surface area contributed by atoms with Crippen LogP contribution in [-0.2, 0) is 13.8 Å². The molecule has 0 aliphatic carbocycles. The molecule has 0 aromatic carbocycles. The molecule has 1 aliphatic rings. The van der Waals surface area contributed by atoms with E-state index in [1.54, 1.807) is 0 Å². The minimum absolute atomic E-state index is 0.0732. The Morgan fingerprint density at radius 1 is 1.48 bits per heavy atom. The number of imidazole rings is 1. The molecule has 0 radical (unpaired) electrons. The third kappa shape index (κ3) is 3.60. The first kappa shape index (κ1) is 18.4. The summed E-state index contributed by atoms with van der Waals surface area (Å²) >= 11 is 5.80. The molecule has 138 valence electrons. The van der Waals surface area contributed by atoms with Crippen LogP contribution in [0.5, 0.6) is 5.88 Å². The van der Waals surface area contributed by atoms with Crippen LogP contribution in [0.2, 0.25) is 5.28 Å². The normalized spacial score (nSPS) is 27.1. The number of phosphoric acid groups is 1. The van der Waals surface area contributed by atoms with Crippen molar-refractivity contribution in [3.8, 4) is 5.88 Å². The number of fused-ring (bicyclic) bond motifs is 1. The molecule has 25 heavy (non-hydrogen) atoms. The predicted octanol–water partition coefficient (Wildman–Crippen LogP) is 0.194. The topological polar surface area (TPSA) is 149 Å². The van der Waals surface area contributed by atoms with Gasteiger partial charge < -0.3 is 24.4 Å². The molecule has 4 atom stereocenters. The van der Waals surface area contributed by atoms with E-state index in [1.807, 2.05) is 0 Å². The Morgan fingerprint density at radius 3 is 2.84 bits per heavy atom. The minimum Gasteiger partial charge on any atom is -0.479 e. The molecule has 1 fully saturated rings. The van der Waals surface area contributed by atoms with E-state index in [1.165, 1.54) is 18.0 Å². The molecule has 2 aromatic heterocycles. The smallest absolute Gasteiger partial charge is 0.469 e. The molecule has 0 amide bonds. The first-order valence-electron chi connectivity index (χ1n) is 6.83. The Bertz CT molecular complexity index is 832. The van der Waals surface area contributed by atoms with Crippen LogP contribution in [0.1, 0.15) is 6.23 Å². The maximum atomic E-state index is 14.4. The van der Waals surface area contributed by atoms with Crippen LogP contribution in [0, 0.1) is 0 Å². The summed E-state index contributed by atoms with van der Waals surface area (Å²) in [5.74, 6) is 0.0732. The van der Waals surface area contributed by atoms with Gasteiger partial charge in [0, 0.05) is 0 Å². The second-order valence-electron chi connectivity index (χ2n) is 5.11. The van der Waals surface area contributed by atoms with E-state index in [0.29, 0.717) is 0 Å². The van der Waals surface area contributed by atoms with Gasteiger partial charge in [0.05, 0.1) is 20.0 Å². The second kappa shape index (κ2) is 6.72. The zero-order valence-corrected chi connectivity index (χ0v) is 14.2. The fourth-order valence-corrected chi connectivity index (χ4v) is 2.93. The van der Waals surface area contributed by atoms with Gasteiger partial charge in [-0.25, -0.2) is 13.9 Å². The molecule has 0 spiro atoms. The monoisotopic (exact) mass is 398 g/mol. The van der Waals surface area contributed by atoms with Gasteiger partial charge in [-0.2, -0.15) is 9.97 Å². The summed E-state index contributed by atoms with van der Waals surface area (Å²) in [6, 6.07) is 0. The number of methoxy groups -OCH3 is 1. The van der Waals surface area contributed by atoms with Crippen LogP contribution in [0.4, 0.5) is 4.39 Å². The van der Waals surface area contributed by atoms with Gasteiger partial charge in [0.25, 0.3) is 0 Å². The van der Waals surface area contributed by atoms with Crippen molar-refractivity contribution in [2.24, 2.45) is 0 Å². The molecule has 3 rings (SSSR count). The average molecular weight is 399 g/mol. The molecule has 3 N–H and O–H groups in total. The van der Waals surface area contributed by atoms with Crippen molar-refractivity contribution in [2.75, 3.05) is 13.7 Å². The highest BCUT2D eigenvalue weighted by Crippen LogP contribution is 2.39. The van der Waals surface area contributed by atoms with Crippen molar-refractivity contribution in [3.05, 3.63) is 11.6 Å². The molecule has 0 saturated carbocycles. The largest absolute Gasteiger partial charge is 0.479 e. The lowest BCUT2D eigenvalue weighted by Gasteiger charge is -2.15. The lowest BCUT2D eigenvalue weighted by molar-refractivity contribution is -0.0451. The first-order valence-corrected chi connectivity index (χ1v) is 8.74. The molecule has 3 heterocycles. The zero-order valence-electron chi connectivity index (χ0n) is 12.6. The summed E-state index contributed by atoms with van der Waals surface area (Å²) in [6.07, 6.45) is -5.06. The third-order valence-corrected chi connectivity index (χ3v) is 4.18. The number of aromatic nitrogens is 4. The molecular formula is C11H13ClFN4O7P. The van der Waals surface area contributed by atoms with E-state index in [9.17, 15) is 14.1 Å². The summed E-state index contributed by atoms with van der Waals surface area (Å²) < 4.78 is 41.0. The summed E-state index contributed by atoms with van der Waals surface area (Å²) in [5.41, 5.74) is 0.306. The van der Waals surface area contributed by atoms with Crippen LogP contribution in [-0.4, -0.2) is 66.5 Å². The Kier molecular flexibility index (Phi) is 4.95. The number of alkyl halides is 1. The SMILES string of the molecule is COc1nc(Cl)nc2c1ncn2[C@@H]1O[C@H](COP(=O)(O)O)C(O)[C@@H]1F. The summed E-state index contributed by atoms with van der Waals surface area (Å²) in [6.45, 7) is -0.700. The van der Waals surface area contributed by atoms with Crippen LogP contribution in [0.25, 0.3) is 11.2 Å². The fraction of sp³-hybridized carbons (Fsp3) is 0.545. The summed E-state index contributed by atoms with van der Waals surface area (Å²) in [5, 5.41) is 9.74. The second-order valence-corrected chi connectivity index (χ2v) is 6.69. The van der Waals surface area contributed by atoms with Crippen LogP contribution >= 0.6 is 19.4 Å². The van der Waals surface area contributed by atoms with Gasteiger partial charge in [-0.1, -0.05) is 0 Å². The van der Waals surface area contributed by atoms with E-state index in [4.69, 9.17) is 30.9 Å². The van der Waals surface area contributed by atoms with Gasteiger partial charge in [-0.15, -0.1) is 0 Å². The van der Waals surface area contributed by atoms with Crippen molar-refractivity contribution < 1.29 is 37.8 Å². The summed E-state index contributed by atoms with van der Waals surface area (Å²) in [4.78, 5) is 29.2. The van der Waals surface area contributed by atoms with Gasteiger partial charge >= 0.3 is 7.82 Å². The maximum Gasteiger partial charge on any atom is 0.469 e. The van der Waals surface area contributed by atoms with Gasteiger partial charge in [0.1, 0.15) is 12.2 Å². The molecule has 1 saturated heterocycles. The molecule has 11 nitrogen and oxygen atoms in total. The average Bonchev–Trinajstić information content (AvgIpc) is 3.06. The standard InChI is InChI=1S/C11H13ClFN4O7P/c1-22-9-6-8(15-11(12)16-9)17(3-14-6)10-5(13)7(18)4(24-10)2-23-25(19,20)21/h3-5,7,10,18H,2H2,1H3,(H2,19,20,21)/t4-,5+,7?,10-/m1/s1. The molecule has 0 bridgehead atoms. The van der Waals surface area contributed by atoms with Crippen LogP contribution in [0.3, 0.4) is 0 Å². The molecule has 1 aliphatic heterocycles. The molecule has 1 unspecified atom stereocenters. The Hall–Kier alpha value is -1.40. The number of aliphatic hydroxyl groups is 1. The van der Waals surface area contributed by atoms with Crippen molar-refractivity contribution in [1.82, 2.24) is 19.5 Å². The van der Waals surface area contributed by atoms with Crippen molar-refractivity contribution in [2.45, 2.75) is 24.6 Å². The van der Waals surface area contributed by atoms with E-state index >= 15 is 0 Å². The Balaban J connectivity index is 1.90. The fourth-order valence-electron chi connectivity index (χ4n) is 2.43. The first-order chi connectivity index (χ1) is 11.7. The van der Waals surface area contributed by atoms with E-state index in [-0.39, 0.29) is 22.3 Å². The number of aliphatic hydroxyl groups excluding tert-OH is 1. The lowest BCUT2D eigenvalue weighted by atomic mass is 10.1. The van der Waals surface area contributed by atoms with Gasteiger partial charge in [0.15, 0.2) is 23.6 Å². The van der Waals surface area contributed by atoms with Crippen LogP contribution in [0.15, 0.2) is 6.33 Å². The number of hydrogen-bond acceptors (Lipinski definition) is 8. The zero-order chi connectivity index (χ0) is 18.4. The van der Waals surface area contributed by atoms with E-state index < -0.39 is 39.0 Å². The van der Waals surface area contributed by atoms with E-state index in [0.717, 1.165) is 0 Å². The number of nitrogens with zero attached hydrogens (tertiary/aromatic N) is 4. The van der Waals surface area contributed by atoms with Crippen molar-refractivity contribution in [3.63, 3.8) is 0 Å². The lowest BCUT2D eigenvalue weighted by Crippen LogP contribution is -2.31. The highest BCUT2D eigenvalue weighted by molar-refractivity contribution is 7.46. The number of halogens is 2. The number of phosphoric ester groups is 1. The van der Waals surface area contributed by atoms with Crippen molar-refractivity contribution in [1.29, 1.82) is 0 Å². The van der Waals surface area contributed by atoms with Gasteiger partial charge in [0.2, 0.25) is 11.2 Å². The summed E-state index contributed by atoms with van der Waals surface area (Å²) in [7, 11) is -3.44. The quantitative estimate of drug-likeness (QED) is 0.470. The van der Waals surface area contributed by atoms with Crippen LogP contribution < -0.4 is 4.74 Å². The maximum absolute atomic E-state index is 14.4. The highest BCUT2D eigenvalue weighted by atomic mass is 35.5. The molecule has 2 aromatic rings. The number of rotatable bonds is 5. The minimum atomic E-state index is -4.79. The van der Waals surface area contributed by atoms with Gasteiger partial charge in [-0.3, -0.25) is 9.09 Å². The Labute approximate surface area is 144 Å². The highest BCUT2D eigenvalue weighted by Gasteiger charge is 2.46. The van der Waals surface area contributed by atoms with Crippen molar-refractivity contribution >= 4 is 30.6 Å². The number of ether oxygens (including phenoxy) is 2. The van der Waals surface area contributed by atoms with E-state index in [2.05, 4.69) is 19.5 Å². The number of hydrogen-bond donors (Lipinski definition) is 3. The third-order valence-electron chi connectivity index (χ3n) is 3.53.